The number of hydrogen-bond acceptors (Lipinski definition) is 4. The van der Waals surface area contributed by atoms with Crippen molar-refractivity contribution in [1.82, 2.24) is 24.6 Å². The van der Waals surface area contributed by atoms with Gasteiger partial charge in [0.25, 0.3) is 5.91 Å². The Bertz CT molecular complexity index is 545. The molecule has 20 heavy (non-hydrogen) atoms. The van der Waals surface area contributed by atoms with Crippen LogP contribution in [0.15, 0.2) is 31.0 Å². The minimum atomic E-state index is 0.00139. The molecule has 0 saturated carbocycles. The molecule has 0 aromatic carbocycles. The molecule has 0 saturated heterocycles. The van der Waals surface area contributed by atoms with Gasteiger partial charge in [0.1, 0.15) is 18.5 Å². The highest BCUT2D eigenvalue weighted by molar-refractivity contribution is 5.94. The molecule has 2 heterocycles. The fraction of sp³-hybridized carbons (Fsp3) is 0.429. The molecular formula is C14H19N5O. The monoisotopic (exact) mass is 273 g/mol. The van der Waals surface area contributed by atoms with Crippen LogP contribution in [-0.4, -0.2) is 43.6 Å². The summed E-state index contributed by atoms with van der Waals surface area (Å²) in [6.45, 7) is 4.18. The summed E-state index contributed by atoms with van der Waals surface area (Å²) >= 11 is 0. The molecule has 2 aromatic heterocycles. The van der Waals surface area contributed by atoms with Gasteiger partial charge in [-0.25, -0.2) is 4.98 Å². The highest BCUT2D eigenvalue weighted by Gasteiger charge is 2.18. The van der Waals surface area contributed by atoms with E-state index in [4.69, 9.17) is 0 Å². The van der Waals surface area contributed by atoms with Crippen molar-refractivity contribution in [1.29, 1.82) is 0 Å². The molecule has 0 bridgehead atoms. The van der Waals surface area contributed by atoms with Gasteiger partial charge in [-0.05, 0) is 25.0 Å². The van der Waals surface area contributed by atoms with Crippen LogP contribution >= 0.6 is 0 Å². The largest absolute Gasteiger partial charge is 0.339 e. The minimum Gasteiger partial charge on any atom is -0.339 e. The molecule has 6 heteroatoms. The summed E-state index contributed by atoms with van der Waals surface area (Å²) in [5.74, 6) is 0.693. The zero-order valence-corrected chi connectivity index (χ0v) is 12.0. The van der Waals surface area contributed by atoms with E-state index in [1.54, 1.807) is 40.5 Å². The summed E-state index contributed by atoms with van der Waals surface area (Å²) in [5, 5.41) is 7.45. The summed E-state index contributed by atoms with van der Waals surface area (Å²) < 4.78 is 1.69. The van der Waals surface area contributed by atoms with Gasteiger partial charge in [0.15, 0.2) is 0 Å². The number of amides is 1. The van der Waals surface area contributed by atoms with Crippen molar-refractivity contribution in [2.24, 2.45) is 0 Å². The normalized spacial score (nSPS) is 10.8. The number of pyridine rings is 1. The predicted molar refractivity (Wildman–Crippen MR) is 75.6 cm³/mol. The van der Waals surface area contributed by atoms with Crippen LogP contribution in [0, 0.1) is 0 Å². The van der Waals surface area contributed by atoms with Gasteiger partial charge >= 0.3 is 0 Å². The molecule has 0 aliphatic heterocycles. The number of nitrogens with zero attached hydrogens (tertiary/aromatic N) is 5. The minimum absolute atomic E-state index is 0.00139. The van der Waals surface area contributed by atoms with Crippen LogP contribution in [0.5, 0.6) is 0 Å². The van der Waals surface area contributed by atoms with Gasteiger partial charge in [0.05, 0.1) is 5.56 Å². The molecular weight excluding hydrogens is 254 g/mol. The van der Waals surface area contributed by atoms with E-state index >= 15 is 0 Å². The molecule has 0 spiro atoms. The van der Waals surface area contributed by atoms with Crippen molar-refractivity contribution >= 4 is 5.91 Å². The van der Waals surface area contributed by atoms with E-state index in [0.717, 1.165) is 12.8 Å². The topological polar surface area (TPSA) is 63.9 Å². The van der Waals surface area contributed by atoms with Gasteiger partial charge in [0.2, 0.25) is 0 Å². The van der Waals surface area contributed by atoms with Gasteiger partial charge in [-0.1, -0.05) is 13.8 Å². The van der Waals surface area contributed by atoms with Crippen LogP contribution in [0.1, 0.15) is 37.0 Å². The Morgan fingerprint density at radius 1 is 1.25 bits per heavy atom. The van der Waals surface area contributed by atoms with Gasteiger partial charge < -0.3 is 4.90 Å². The lowest BCUT2D eigenvalue weighted by molar-refractivity contribution is 0.0723. The molecule has 2 aromatic rings. The average molecular weight is 273 g/mol. The maximum atomic E-state index is 12.4. The number of carbonyl (C=O) groups is 1. The molecule has 0 radical (unpaired) electrons. The van der Waals surface area contributed by atoms with Crippen LogP contribution in [-0.2, 0) is 0 Å². The van der Waals surface area contributed by atoms with Crippen molar-refractivity contribution in [3.8, 4) is 5.82 Å². The van der Waals surface area contributed by atoms with Gasteiger partial charge in [-0.3, -0.25) is 9.36 Å². The van der Waals surface area contributed by atoms with Crippen molar-refractivity contribution < 1.29 is 4.79 Å². The Labute approximate surface area is 118 Å². The highest BCUT2D eigenvalue weighted by atomic mass is 16.2. The first-order valence-corrected chi connectivity index (χ1v) is 6.75. The number of rotatable bonds is 5. The summed E-state index contributed by atoms with van der Waals surface area (Å²) in [7, 11) is 1.84. The molecule has 0 aliphatic rings. The maximum absolute atomic E-state index is 12.4. The van der Waals surface area contributed by atoms with Crippen LogP contribution in [0.25, 0.3) is 5.82 Å². The second-order valence-corrected chi connectivity index (χ2v) is 4.66. The lowest BCUT2D eigenvalue weighted by Crippen LogP contribution is -2.36. The van der Waals surface area contributed by atoms with Crippen molar-refractivity contribution in [3.05, 3.63) is 36.5 Å². The Morgan fingerprint density at radius 2 is 1.90 bits per heavy atom. The Balaban J connectivity index is 2.15. The fourth-order valence-electron chi connectivity index (χ4n) is 2.19. The smallest absolute Gasteiger partial charge is 0.255 e. The van der Waals surface area contributed by atoms with Crippen LogP contribution in [0.4, 0.5) is 0 Å². The molecule has 0 atom stereocenters. The zero-order valence-electron chi connectivity index (χ0n) is 12.0. The van der Waals surface area contributed by atoms with E-state index in [1.807, 2.05) is 7.05 Å². The quantitative estimate of drug-likeness (QED) is 0.835. The van der Waals surface area contributed by atoms with E-state index in [9.17, 15) is 4.79 Å². The molecule has 0 unspecified atom stereocenters. The molecule has 6 nitrogen and oxygen atoms in total. The number of carbonyl (C=O) groups excluding carboxylic acids is 1. The second-order valence-electron chi connectivity index (χ2n) is 4.66. The maximum Gasteiger partial charge on any atom is 0.255 e. The first-order valence-electron chi connectivity index (χ1n) is 6.75. The van der Waals surface area contributed by atoms with Gasteiger partial charge in [-0.2, -0.15) is 0 Å². The molecule has 0 aliphatic carbocycles. The average Bonchev–Trinajstić information content (AvgIpc) is 3.02. The first kappa shape index (κ1) is 14.2. The van der Waals surface area contributed by atoms with Crippen LogP contribution in [0.3, 0.4) is 0 Å². The third-order valence-electron chi connectivity index (χ3n) is 3.49. The van der Waals surface area contributed by atoms with Crippen molar-refractivity contribution in [2.75, 3.05) is 7.05 Å². The third kappa shape index (κ3) is 2.84. The highest BCUT2D eigenvalue weighted by Crippen LogP contribution is 2.12. The van der Waals surface area contributed by atoms with Crippen molar-refractivity contribution in [2.45, 2.75) is 32.7 Å². The van der Waals surface area contributed by atoms with E-state index in [0.29, 0.717) is 11.4 Å². The molecule has 2 rings (SSSR count). The molecule has 106 valence electrons. The number of hydrogen-bond donors (Lipinski definition) is 0. The Morgan fingerprint density at radius 3 is 2.40 bits per heavy atom. The summed E-state index contributed by atoms with van der Waals surface area (Å²) in [5.41, 5.74) is 0.594. The lowest BCUT2D eigenvalue weighted by Gasteiger charge is -2.26. The van der Waals surface area contributed by atoms with E-state index < -0.39 is 0 Å². The molecule has 1 amide bonds. The molecule has 0 N–H and O–H groups in total. The number of aromatic nitrogens is 4. The fourth-order valence-corrected chi connectivity index (χ4v) is 2.19. The second kappa shape index (κ2) is 6.27. The predicted octanol–water partition coefficient (Wildman–Crippen LogP) is 1.92. The van der Waals surface area contributed by atoms with Crippen LogP contribution < -0.4 is 0 Å². The van der Waals surface area contributed by atoms with Gasteiger partial charge in [-0.15, -0.1) is 10.2 Å². The van der Waals surface area contributed by atoms with E-state index in [-0.39, 0.29) is 11.9 Å². The zero-order chi connectivity index (χ0) is 14.5. The van der Waals surface area contributed by atoms with E-state index in [2.05, 4.69) is 29.0 Å². The summed E-state index contributed by atoms with van der Waals surface area (Å²) in [4.78, 5) is 18.4. The van der Waals surface area contributed by atoms with Crippen molar-refractivity contribution in [3.63, 3.8) is 0 Å². The standard InChI is InChI=1S/C14H19N5O/c1-4-12(5-2)18(3)14(20)11-6-7-13(15-8-11)19-9-16-17-10-19/h6-10,12H,4-5H2,1-3H3. The Hall–Kier alpha value is -2.24. The molecule has 0 fully saturated rings. The first-order chi connectivity index (χ1) is 9.67. The van der Waals surface area contributed by atoms with E-state index in [1.165, 1.54) is 0 Å². The van der Waals surface area contributed by atoms with Gasteiger partial charge in [0, 0.05) is 19.3 Å². The lowest BCUT2D eigenvalue weighted by atomic mass is 10.1. The SMILES string of the molecule is CCC(CC)N(C)C(=O)c1ccc(-n2cnnc2)nc1. The van der Waals surface area contributed by atoms with Crippen LogP contribution in [0.2, 0.25) is 0 Å². The Kier molecular flexibility index (Phi) is 4.45. The third-order valence-corrected chi connectivity index (χ3v) is 3.49. The summed E-state index contributed by atoms with van der Waals surface area (Å²) in [6, 6.07) is 3.83. The summed E-state index contributed by atoms with van der Waals surface area (Å²) in [6.07, 6.45) is 6.63.